The van der Waals surface area contributed by atoms with E-state index in [9.17, 15) is 19.4 Å². The third-order valence-corrected chi connectivity index (χ3v) is 10.9. The van der Waals surface area contributed by atoms with Crippen molar-refractivity contribution in [1.82, 2.24) is 5.32 Å². The van der Waals surface area contributed by atoms with Gasteiger partial charge in [0.1, 0.15) is 13.2 Å². The Bertz CT molecular complexity index is 922. The molecule has 0 saturated carbocycles. The predicted molar refractivity (Wildman–Crippen MR) is 226 cm³/mol. The Hall–Kier alpha value is -1.02. The van der Waals surface area contributed by atoms with E-state index in [1.807, 2.05) is 27.2 Å². The maximum absolute atomic E-state index is 12.2. The van der Waals surface area contributed by atoms with Crippen molar-refractivity contribution in [3.63, 3.8) is 0 Å². The van der Waals surface area contributed by atoms with Crippen LogP contribution in [0.5, 0.6) is 0 Å². The molecule has 0 fully saturated rings. The highest BCUT2D eigenvalue weighted by atomic mass is 31.2. The molecule has 0 bridgehead atoms. The van der Waals surface area contributed by atoms with E-state index >= 15 is 0 Å². The lowest BCUT2D eigenvalue weighted by atomic mass is 10.0. The van der Waals surface area contributed by atoms with Gasteiger partial charge in [-0.1, -0.05) is 192 Å². The van der Waals surface area contributed by atoms with Crippen LogP contribution in [-0.2, 0) is 18.4 Å². The Balaban J connectivity index is 3.62. The Morgan fingerprint density at radius 3 is 1.40 bits per heavy atom. The van der Waals surface area contributed by atoms with E-state index in [4.69, 9.17) is 9.05 Å². The normalized spacial score (nSPS) is 14.6. The lowest BCUT2D eigenvalue weighted by molar-refractivity contribution is -0.870. The van der Waals surface area contributed by atoms with Gasteiger partial charge in [-0.2, -0.15) is 0 Å². The summed E-state index contributed by atoms with van der Waals surface area (Å²) in [6.45, 7) is 3.86. The highest BCUT2D eigenvalue weighted by Gasteiger charge is 2.27. The molecule has 1 amide bonds. The Morgan fingerprint density at radius 2 is 1.00 bits per heavy atom. The molecule has 0 heterocycles. The second-order valence-electron chi connectivity index (χ2n) is 16.5. The number of phosphoric acid groups is 1. The molecule has 0 saturated heterocycles. The van der Waals surface area contributed by atoms with Crippen LogP contribution in [0.2, 0.25) is 0 Å². The molecule has 3 N–H and O–H groups in total. The number of nitrogens with one attached hydrogen (secondary N) is 1. The standard InChI is InChI=1S/C44H87N2O6P/c1-6-7-8-9-10-11-12-13-14-15-16-17-18-19-20-21-22-23-24-25-26-27-28-29-30-31-32-33-34-35-36-37-38-44(48)43(45-42(2)47)41-52-53(49,50)51-40-39-46(3,4)5/h33-34,37-38,43-44,48H,6-32,35-36,39-41H2,1-5H3,(H-,45,47,49,50)/p+1/b34-33+,38-37+. The number of rotatable bonds is 40. The van der Waals surface area contributed by atoms with E-state index in [2.05, 4.69) is 24.4 Å². The van der Waals surface area contributed by atoms with Gasteiger partial charge in [0.05, 0.1) is 39.9 Å². The number of unbranched alkanes of at least 4 members (excludes halogenated alkanes) is 27. The Morgan fingerprint density at radius 1 is 0.623 bits per heavy atom. The number of amides is 1. The molecular formula is C44H88N2O6P+. The molecule has 53 heavy (non-hydrogen) atoms. The van der Waals surface area contributed by atoms with E-state index in [0.29, 0.717) is 11.0 Å². The van der Waals surface area contributed by atoms with Crippen LogP contribution in [0.4, 0.5) is 0 Å². The van der Waals surface area contributed by atoms with Crippen molar-refractivity contribution >= 4 is 13.7 Å². The van der Waals surface area contributed by atoms with Crippen LogP contribution < -0.4 is 5.32 Å². The molecule has 0 aromatic heterocycles. The van der Waals surface area contributed by atoms with Crippen LogP contribution in [-0.4, -0.2) is 73.4 Å². The van der Waals surface area contributed by atoms with Crippen molar-refractivity contribution in [1.29, 1.82) is 0 Å². The summed E-state index contributed by atoms with van der Waals surface area (Å²) >= 11 is 0. The molecule has 3 unspecified atom stereocenters. The van der Waals surface area contributed by atoms with Gasteiger partial charge in [0.15, 0.2) is 0 Å². The SMILES string of the molecule is CCCCCCCCCCCCCCCCCCCCCCCCCCCC/C=C/CC/C=C/C(O)C(COP(=O)(O)OCC[N+](C)(C)C)NC(C)=O. The quantitative estimate of drug-likeness (QED) is 0.0248. The highest BCUT2D eigenvalue weighted by Crippen LogP contribution is 2.43. The molecule has 0 aliphatic carbocycles. The topological polar surface area (TPSA) is 105 Å². The van der Waals surface area contributed by atoms with E-state index < -0.39 is 20.0 Å². The maximum Gasteiger partial charge on any atom is 0.472 e. The second-order valence-corrected chi connectivity index (χ2v) is 18.0. The summed E-state index contributed by atoms with van der Waals surface area (Å²) in [6, 6.07) is -0.861. The maximum atomic E-state index is 12.2. The van der Waals surface area contributed by atoms with Gasteiger partial charge in [0, 0.05) is 6.92 Å². The van der Waals surface area contributed by atoms with E-state index in [0.717, 1.165) is 19.3 Å². The van der Waals surface area contributed by atoms with Crippen molar-refractivity contribution in [2.45, 2.75) is 212 Å². The number of aliphatic hydroxyl groups is 1. The van der Waals surface area contributed by atoms with Crippen LogP contribution in [0, 0.1) is 0 Å². The van der Waals surface area contributed by atoms with Gasteiger partial charge in [-0.15, -0.1) is 0 Å². The molecule has 0 spiro atoms. The molecular weight excluding hydrogens is 683 g/mol. The summed E-state index contributed by atoms with van der Waals surface area (Å²) in [7, 11) is 1.55. The smallest absolute Gasteiger partial charge is 0.387 e. The molecule has 3 atom stereocenters. The lowest BCUT2D eigenvalue weighted by Gasteiger charge is -2.25. The minimum atomic E-state index is -4.30. The van der Waals surface area contributed by atoms with Crippen LogP contribution in [0.25, 0.3) is 0 Å². The number of likely N-dealkylation sites (N-methyl/N-ethyl adjacent to an activating group) is 1. The van der Waals surface area contributed by atoms with Gasteiger partial charge < -0.3 is 19.8 Å². The summed E-state index contributed by atoms with van der Waals surface area (Å²) in [6.07, 6.45) is 46.4. The van der Waals surface area contributed by atoms with Crippen LogP contribution >= 0.6 is 7.82 Å². The van der Waals surface area contributed by atoms with Crippen molar-refractivity contribution in [2.75, 3.05) is 40.9 Å². The number of allylic oxidation sites excluding steroid dienone is 3. The minimum Gasteiger partial charge on any atom is -0.387 e. The first-order valence-corrected chi connectivity index (χ1v) is 23.7. The summed E-state index contributed by atoms with van der Waals surface area (Å²) in [5.41, 5.74) is 0. The molecule has 0 radical (unpaired) electrons. The number of carbonyl (C=O) groups excluding carboxylic acids is 1. The van der Waals surface area contributed by atoms with Crippen LogP contribution in [0.1, 0.15) is 200 Å². The first-order chi connectivity index (χ1) is 25.5. The Kier molecular flexibility index (Phi) is 35.9. The third kappa shape index (κ3) is 40.5. The van der Waals surface area contributed by atoms with Crippen LogP contribution in [0.3, 0.4) is 0 Å². The molecule has 0 aliphatic heterocycles. The highest BCUT2D eigenvalue weighted by molar-refractivity contribution is 7.47. The molecule has 8 nitrogen and oxygen atoms in total. The van der Waals surface area contributed by atoms with Gasteiger partial charge in [-0.25, -0.2) is 4.57 Å². The predicted octanol–water partition coefficient (Wildman–Crippen LogP) is 12.1. The van der Waals surface area contributed by atoms with Crippen molar-refractivity contribution < 1.29 is 32.9 Å². The van der Waals surface area contributed by atoms with Crippen LogP contribution in [0.15, 0.2) is 24.3 Å². The van der Waals surface area contributed by atoms with Gasteiger partial charge in [0.2, 0.25) is 5.91 Å². The molecule has 0 aromatic rings. The largest absolute Gasteiger partial charge is 0.472 e. The lowest BCUT2D eigenvalue weighted by Crippen LogP contribution is -2.44. The summed E-state index contributed by atoms with van der Waals surface area (Å²) < 4.78 is 22.9. The molecule has 9 heteroatoms. The first kappa shape index (κ1) is 52.0. The third-order valence-electron chi connectivity index (χ3n) is 9.96. The zero-order valence-electron chi connectivity index (χ0n) is 35.5. The van der Waals surface area contributed by atoms with Crippen molar-refractivity contribution in [3.05, 3.63) is 24.3 Å². The van der Waals surface area contributed by atoms with Crippen molar-refractivity contribution in [2.24, 2.45) is 0 Å². The molecule has 0 aromatic carbocycles. The van der Waals surface area contributed by atoms with Crippen molar-refractivity contribution in [3.8, 4) is 0 Å². The van der Waals surface area contributed by atoms with Gasteiger partial charge >= 0.3 is 7.82 Å². The van der Waals surface area contributed by atoms with E-state index in [1.54, 1.807) is 6.08 Å². The minimum absolute atomic E-state index is 0.0533. The number of phosphoric ester groups is 1. The zero-order chi connectivity index (χ0) is 39.3. The molecule has 0 aliphatic rings. The number of hydrogen-bond donors (Lipinski definition) is 3. The van der Waals surface area contributed by atoms with Gasteiger partial charge in [-0.3, -0.25) is 13.8 Å². The number of quaternary nitrogens is 1. The monoisotopic (exact) mass is 772 g/mol. The average molecular weight is 772 g/mol. The fourth-order valence-corrected chi connectivity index (χ4v) is 7.24. The van der Waals surface area contributed by atoms with E-state index in [1.165, 1.54) is 174 Å². The molecule has 314 valence electrons. The van der Waals surface area contributed by atoms with Gasteiger partial charge in [0.25, 0.3) is 0 Å². The summed E-state index contributed by atoms with van der Waals surface area (Å²) in [5.74, 6) is -0.362. The fourth-order valence-electron chi connectivity index (χ4n) is 6.50. The van der Waals surface area contributed by atoms with Gasteiger partial charge in [-0.05, 0) is 25.7 Å². The zero-order valence-corrected chi connectivity index (χ0v) is 36.4. The summed E-state index contributed by atoms with van der Waals surface area (Å²) in [5, 5.41) is 13.1. The summed E-state index contributed by atoms with van der Waals surface area (Å²) in [4.78, 5) is 21.6. The second kappa shape index (κ2) is 36.6. The number of nitrogens with zero attached hydrogens (tertiary/aromatic N) is 1. The average Bonchev–Trinajstić information content (AvgIpc) is 3.09. The number of hydrogen-bond acceptors (Lipinski definition) is 5. The number of carbonyl (C=O) groups is 1. The Labute approximate surface area is 328 Å². The number of aliphatic hydroxyl groups excluding tert-OH is 1. The first-order valence-electron chi connectivity index (χ1n) is 22.2. The fraction of sp³-hybridized carbons (Fsp3) is 0.886. The molecule has 0 rings (SSSR count). The van der Waals surface area contributed by atoms with E-state index in [-0.39, 0.29) is 19.1 Å².